The zero-order valence-electron chi connectivity index (χ0n) is 21.8. The second-order valence-corrected chi connectivity index (χ2v) is 11.7. The van der Waals surface area contributed by atoms with Crippen LogP contribution >= 0.6 is 11.6 Å². The van der Waals surface area contributed by atoms with Crippen LogP contribution in [0.25, 0.3) is 0 Å². The largest absolute Gasteiger partial charge is 0.504 e. The molecule has 0 radical (unpaired) electrons. The average molecular weight is 684 g/mol. The number of azo groups is 1. The summed E-state index contributed by atoms with van der Waals surface area (Å²) in [7, 11) is -9.71. The fraction of sp³-hybridized carbons (Fsp3) is 0. The van der Waals surface area contributed by atoms with Crippen molar-refractivity contribution in [2.45, 2.75) is 9.79 Å². The number of phenols is 1. The molecule has 0 unspecified atom stereocenters. The third kappa shape index (κ3) is 7.87. The number of phenolic OH excluding ortho intramolecular Hbond substituents is 1. The van der Waals surface area contributed by atoms with Crippen LogP contribution in [0.2, 0.25) is 5.02 Å². The van der Waals surface area contributed by atoms with Crippen LogP contribution in [0.15, 0.2) is 85.8 Å². The number of aromatic carboxylic acids is 1. The number of rotatable bonds is 9. The summed E-state index contributed by atoms with van der Waals surface area (Å²) in [4.78, 5) is 16.2. The van der Waals surface area contributed by atoms with Gasteiger partial charge in [0.25, 0.3) is 20.2 Å². The number of halogens is 3. The summed E-state index contributed by atoms with van der Waals surface area (Å²) in [5.41, 5.74) is 0.447. The van der Waals surface area contributed by atoms with Gasteiger partial charge in [-0.05, 0) is 30.3 Å². The van der Waals surface area contributed by atoms with Crippen LogP contribution in [0.4, 0.5) is 31.7 Å². The molecule has 4 aromatic rings. The Morgan fingerprint density at radius 3 is 2.16 bits per heavy atom. The molecule has 0 aliphatic carbocycles. The molecule has 0 aliphatic rings. The topological polar surface area (TPSA) is 253 Å². The molecular formula is C24H16ClF2N7O9S2. The number of nitrogens with zero attached hydrogens (tertiary/aromatic N) is 5. The summed E-state index contributed by atoms with van der Waals surface area (Å²) in [5, 5.41) is 33.4. The first-order chi connectivity index (χ1) is 21.0. The van der Waals surface area contributed by atoms with Crippen LogP contribution < -0.4 is 10.7 Å². The lowest BCUT2D eigenvalue weighted by atomic mass is 10.2. The van der Waals surface area contributed by atoms with Gasteiger partial charge in [0.05, 0.1) is 21.0 Å². The molecule has 0 saturated carbocycles. The Kier molecular flexibility index (Phi) is 9.34. The molecule has 1 aromatic heterocycles. The number of nitrogens with one attached hydrogen (secondary N) is 2. The molecule has 0 aliphatic heterocycles. The zero-order valence-corrected chi connectivity index (χ0v) is 24.2. The standard InChI is InChI=1S/C24H16ClF2N7O9S2/c25-18-20(26)29-24(27)30-22(18)28-16-9-13(45(41,42)43)10-17(19(16)35)32-34-21(11-4-2-1-3-5-11)33-31-15-7-6-12(44(38,39)40)8-14(15)23(36)37/h1-10,32,35H,(H,36,37)(H,28,29,30)(H,38,39,40)(H,41,42,43)/b33-31?,34-21+. The Bertz CT molecular complexity index is 2100. The van der Waals surface area contributed by atoms with Crippen molar-refractivity contribution in [3.63, 3.8) is 0 Å². The summed E-state index contributed by atoms with van der Waals surface area (Å²) in [6, 6.07) is 11.6. The fourth-order valence-electron chi connectivity index (χ4n) is 3.42. The van der Waals surface area contributed by atoms with Gasteiger partial charge in [0.15, 0.2) is 11.6 Å². The van der Waals surface area contributed by atoms with Crippen LogP contribution in [0.1, 0.15) is 15.9 Å². The number of carboxylic acids is 1. The first-order valence-electron chi connectivity index (χ1n) is 11.7. The molecule has 45 heavy (non-hydrogen) atoms. The third-order valence-electron chi connectivity index (χ3n) is 5.48. The highest BCUT2D eigenvalue weighted by atomic mass is 35.5. The second kappa shape index (κ2) is 12.8. The lowest BCUT2D eigenvalue weighted by molar-refractivity contribution is 0.0697. The maximum atomic E-state index is 13.8. The molecule has 3 aromatic carbocycles. The normalized spacial score (nSPS) is 12.3. The zero-order chi connectivity index (χ0) is 33.1. The smallest absolute Gasteiger partial charge is 0.338 e. The molecule has 0 amide bonds. The van der Waals surface area contributed by atoms with E-state index in [9.17, 15) is 49.7 Å². The Hall–Kier alpha value is -5.15. The van der Waals surface area contributed by atoms with Crippen LogP contribution in [0, 0.1) is 12.0 Å². The molecule has 0 fully saturated rings. The van der Waals surface area contributed by atoms with Gasteiger partial charge in [0.2, 0.25) is 11.8 Å². The van der Waals surface area contributed by atoms with Gasteiger partial charge in [-0.1, -0.05) is 41.9 Å². The van der Waals surface area contributed by atoms with E-state index in [-0.39, 0.29) is 17.1 Å². The molecule has 0 bridgehead atoms. The summed E-state index contributed by atoms with van der Waals surface area (Å²) < 4.78 is 93.0. The summed E-state index contributed by atoms with van der Waals surface area (Å²) in [5.74, 6) is -4.93. The molecule has 0 saturated heterocycles. The maximum Gasteiger partial charge on any atom is 0.338 e. The SMILES string of the molecule is O=C(O)c1cc(S(=O)(=O)O)ccc1N=N/C(=N/Nc1cc(S(=O)(=O)O)cc(Nc2nc(F)nc(F)c2Cl)c1O)c1ccccc1. The number of benzene rings is 3. The summed E-state index contributed by atoms with van der Waals surface area (Å²) in [6.07, 6.45) is -1.55. The van der Waals surface area contributed by atoms with Crippen molar-refractivity contribution < 1.29 is 49.7 Å². The van der Waals surface area contributed by atoms with Crippen LogP contribution in [-0.4, -0.2) is 57.9 Å². The van der Waals surface area contributed by atoms with E-state index in [0.717, 1.165) is 18.2 Å². The van der Waals surface area contributed by atoms with Gasteiger partial charge in [-0.2, -0.15) is 40.7 Å². The van der Waals surface area contributed by atoms with Crippen molar-refractivity contribution in [3.8, 4) is 5.75 Å². The summed E-state index contributed by atoms with van der Waals surface area (Å²) in [6.45, 7) is 0. The van der Waals surface area contributed by atoms with Crippen LogP contribution in [0.5, 0.6) is 5.75 Å². The number of hydrazone groups is 1. The lowest BCUT2D eigenvalue weighted by Crippen LogP contribution is -2.06. The van der Waals surface area contributed by atoms with Crippen molar-refractivity contribution in [3.05, 3.63) is 88.8 Å². The molecule has 0 atom stereocenters. The van der Waals surface area contributed by atoms with E-state index >= 15 is 0 Å². The quantitative estimate of drug-likeness (QED) is 0.0206. The number of carboxylic acid groups (broad SMARTS) is 1. The number of carbonyl (C=O) groups is 1. The number of aromatic hydroxyl groups is 1. The van der Waals surface area contributed by atoms with E-state index in [1.54, 1.807) is 18.2 Å². The summed E-state index contributed by atoms with van der Waals surface area (Å²) >= 11 is 5.74. The number of aromatic nitrogens is 2. The second-order valence-electron chi connectivity index (χ2n) is 8.49. The fourth-order valence-corrected chi connectivity index (χ4v) is 4.59. The van der Waals surface area contributed by atoms with Gasteiger partial charge in [-0.3, -0.25) is 14.5 Å². The highest BCUT2D eigenvalue weighted by Gasteiger charge is 2.21. The molecule has 21 heteroatoms. The molecule has 234 valence electrons. The molecule has 4 rings (SSSR count). The van der Waals surface area contributed by atoms with Gasteiger partial charge in [0, 0.05) is 5.56 Å². The van der Waals surface area contributed by atoms with Gasteiger partial charge in [0.1, 0.15) is 16.4 Å². The minimum Gasteiger partial charge on any atom is -0.504 e. The van der Waals surface area contributed by atoms with Crippen LogP contribution in [-0.2, 0) is 20.2 Å². The molecule has 16 nitrogen and oxygen atoms in total. The number of anilines is 3. The highest BCUT2D eigenvalue weighted by molar-refractivity contribution is 7.86. The van der Waals surface area contributed by atoms with Crippen molar-refractivity contribution in [2.75, 3.05) is 10.7 Å². The van der Waals surface area contributed by atoms with Gasteiger partial charge >= 0.3 is 12.0 Å². The number of hydrogen-bond acceptors (Lipinski definition) is 12. The monoisotopic (exact) mass is 683 g/mol. The maximum absolute atomic E-state index is 13.8. The Morgan fingerprint density at radius 2 is 1.53 bits per heavy atom. The molecular weight excluding hydrogens is 668 g/mol. The Labute approximate surface area is 256 Å². The lowest BCUT2D eigenvalue weighted by Gasteiger charge is -2.14. The van der Waals surface area contributed by atoms with E-state index < -0.39 is 81.6 Å². The average Bonchev–Trinajstić information content (AvgIpc) is 2.96. The highest BCUT2D eigenvalue weighted by Crippen LogP contribution is 2.38. The van der Waals surface area contributed by atoms with E-state index in [0.29, 0.717) is 12.1 Å². The minimum atomic E-state index is -4.96. The first-order valence-corrected chi connectivity index (χ1v) is 15.0. The van der Waals surface area contributed by atoms with Gasteiger partial charge < -0.3 is 15.5 Å². The predicted molar refractivity (Wildman–Crippen MR) is 152 cm³/mol. The number of amidine groups is 1. The van der Waals surface area contributed by atoms with E-state index in [1.807, 2.05) is 0 Å². The molecule has 0 spiro atoms. The minimum absolute atomic E-state index is 0.239. The Balaban J connectivity index is 1.80. The van der Waals surface area contributed by atoms with E-state index in [1.165, 1.54) is 12.1 Å². The van der Waals surface area contributed by atoms with E-state index in [4.69, 9.17) is 11.6 Å². The first kappa shape index (κ1) is 32.8. The van der Waals surface area contributed by atoms with E-state index in [2.05, 4.69) is 36.0 Å². The number of hydrogen-bond donors (Lipinski definition) is 6. The Morgan fingerprint density at radius 1 is 0.889 bits per heavy atom. The van der Waals surface area contributed by atoms with Crippen molar-refractivity contribution in [2.24, 2.45) is 15.3 Å². The van der Waals surface area contributed by atoms with Crippen LogP contribution in [0.3, 0.4) is 0 Å². The predicted octanol–water partition coefficient (Wildman–Crippen LogP) is 4.61. The van der Waals surface area contributed by atoms with Gasteiger partial charge in [-0.15, -0.1) is 10.2 Å². The van der Waals surface area contributed by atoms with Gasteiger partial charge in [-0.25, -0.2) is 4.79 Å². The third-order valence-corrected chi connectivity index (χ3v) is 7.50. The molecule has 6 N–H and O–H groups in total. The molecule has 1 heterocycles. The van der Waals surface area contributed by atoms with Crippen molar-refractivity contribution in [1.29, 1.82) is 0 Å². The van der Waals surface area contributed by atoms with Crippen molar-refractivity contribution in [1.82, 2.24) is 9.97 Å². The van der Waals surface area contributed by atoms with Crippen molar-refractivity contribution >= 4 is 66.5 Å².